The summed E-state index contributed by atoms with van der Waals surface area (Å²) in [6, 6.07) is 21.0. The van der Waals surface area contributed by atoms with Crippen molar-refractivity contribution in [2.75, 3.05) is 0 Å². The average Bonchev–Trinajstić information content (AvgIpc) is 3.07. The Morgan fingerprint density at radius 3 is 2.20 bits per heavy atom. The van der Waals surface area contributed by atoms with Crippen molar-refractivity contribution in [2.24, 2.45) is 0 Å². The number of hydrogen-bond donors (Lipinski definition) is 0. The standard InChI is InChI=1S/C21H18N4/c1-16-22-11-12-25(16)15-21-13-20(14-23-24-21)19-9-7-18(8-10-19)17-5-3-2-4-6-17/h2-14H,15H2,1H3. The lowest BCUT2D eigenvalue weighted by molar-refractivity contribution is 0.727. The van der Waals surface area contributed by atoms with Crippen LogP contribution in [0.25, 0.3) is 22.3 Å². The van der Waals surface area contributed by atoms with E-state index in [0.717, 1.165) is 22.6 Å². The molecule has 0 atom stereocenters. The number of nitrogens with zero attached hydrogens (tertiary/aromatic N) is 4. The highest BCUT2D eigenvalue weighted by Crippen LogP contribution is 2.24. The van der Waals surface area contributed by atoms with Crippen LogP contribution in [0, 0.1) is 6.92 Å². The first-order valence-electron chi connectivity index (χ1n) is 8.25. The fraction of sp³-hybridized carbons (Fsp3) is 0.0952. The largest absolute Gasteiger partial charge is 0.329 e. The van der Waals surface area contributed by atoms with Crippen molar-refractivity contribution in [3.05, 3.63) is 90.8 Å². The van der Waals surface area contributed by atoms with Crippen LogP contribution >= 0.6 is 0 Å². The zero-order valence-corrected chi connectivity index (χ0v) is 14.0. The number of imidazole rings is 1. The van der Waals surface area contributed by atoms with E-state index >= 15 is 0 Å². The molecule has 0 N–H and O–H groups in total. The summed E-state index contributed by atoms with van der Waals surface area (Å²) in [7, 11) is 0. The van der Waals surface area contributed by atoms with Gasteiger partial charge >= 0.3 is 0 Å². The summed E-state index contributed by atoms with van der Waals surface area (Å²) in [5.41, 5.74) is 5.56. The van der Waals surface area contributed by atoms with Crippen LogP contribution < -0.4 is 0 Å². The molecule has 4 heteroatoms. The minimum atomic E-state index is 0.675. The van der Waals surface area contributed by atoms with Crippen LogP contribution in [0.15, 0.2) is 79.3 Å². The van der Waals surface area contributed by atoms with Gasteiger partial charge in [0, 0.05) is 18.0 Å². The molecule has 0 saturated carbocycles. The molecule has 25 heavy (non-hydrogen) atoms. The average molecular weight is 326 g/mol. The predicted molar refractivity (Wildman–Crippen MR) is 99.0 cm³/mol. The first kappa shape index (κ1) is 15.3. The lowest BCUT2D eigenvalue weighted by Crippen LogP contribution is -2.04. The molecule has 0 aliphatic carbocycles. The van der Waals surface area contributed by atoms with Gasteiger partial charge in [-0.2, -0.15) is 10.2 Å². The maximum atomic E-state index is 4.25. The highest BCUT2D eigenvalue weighted by Gasteiger charge is 2.05. The third kappa shape index (κ3) is 3.33. The minimum Gasteiger partial charge on any atom is -0.329 e. The van der Waals surface area contributed by atoms with Crippen LogP contribution in [-0.2, 0) is 6.54 Å². The van der Waals surface area contributed by atoms with Crippen LogP contribution in [0.3, 0.4) is 0 Å². The molecule has 4 aromatic rings. The van der Waals surface area contributed by atoms with Crippen LogP contribution in [0.5, 0.6) is 0 Å². The van der Waals surface area contributed by atoms with E-state index < -0.39 is 0 Å². The Morgan fingerprint density at radius 2 is 1.52 bits per heavy atom. The normalized spacial score (nSPS) is 10.8. The fourth-order valence-electron chi connectivity index (χ4n) is 2.88. The molecule has 4 nitrogen and oxygen atoms in total. The van der Waals surface area contributed by atoms with Crippen molar-refractivity contribution in [3.63, 3.8) is 0 Å². The Labute approximate surface area is 146 Å². The van der Waals surface area contributed by atoms with E-state index in [1.54, 1.807) is 6.20 Å². The van der Waals surface area contributed by atoms with Crippen molar-refractivity contribution in [1.82, 2.24) is 19.7 Å². The van der Waals surface area contributed by atoms with Gasteiger partial charge in [-0.05, 0) is 29.7 Å². The summed E-state index contributed by atoms with van der Waals surface area (Å²) in [4.78, 5) is 4.25. The molecule has 0 fully saturated rings. The molecule has 2 aromatic carbocycles. The Kier molecular flexibility index (Phi) is 4.09. The molecule has 0 radical (unpaired) electrons. The van der Waals surface area contributed by atoms with Gasteiger partial charge in [-0.1, -0.05) is 54.6 Å². The van der Waals surface area contributed by atoms with Crippen molar-refractivity contribution in [1.29, 1.82) is 0 Å². The number of aryl methyl sites for hydroxylation is 1. The van der Waals surface area contributed by atoms with Gasteiger partial charge in [0.15, 0.2) is 0 Å². The highest BCUT2D eigenvalue weighted by atomic mass is 15.1. The molecule has 0 aliphatic rings. The summed E-state index contributed by atoms with van der Waals surface area (Å²) in [6.45, 7) is 2.66. The molecule has 0 spiro atoms. The number of hydrogen-bond acceptors (Lipinski definition) is 3. The molecule has 0 saturated heterocycles. The molecular formula is C21H18N4. The zero-order chi connectivity index (χ0) is 17.1. The van der Waals surface area contributed by atoms with E-state index in [4.69, 9.17) is 0 Å². The second-order valence-electron chi connectivity index (χ2n) is 5.98. The molecule has 2 aromatic heterocycles. The van der Waals surface area contributed by atoms with Crippen molar-refractivity contribution in [3.8, 4) is 22.3 Å². The second-order valence-corrected chi connectivity index (χ2v) is 5.98. The molecular weight excluding hydrogens is 308 g/mol. The third-order valence-electron chi connectivity index (χ3n) is 4.29. The smallest absolute Gasteiger partial charge is 0.105 e. The van der Waals surface area contributed by atoms with E-state index in [-0.39, 0.29) is 0 Å². The molecule has 0 bridgehead atoms. The maximum Gasteiger partial charge on any atom is 0.105 e. The van der Waals surface area contributed by atoms with E-state index in [1.807, 2.05) is 25.4 Å². The molecule has 122 valence electrons. The topological polar surface area (TPSA) is 43.6 Å². The molecule has 0 unspecified atom stereocenters. The van der Waals surface area contributed by atoms with Crippen LogP contribution in [0.1, 0.15) is 11.5 Å². The SMILES string of the molecule is Cc1nccn1Cc1cc(-c2ccc(-c3ccccc3)cc2)cnn1. The van der Waals surface area contributed by atoms with E-state index in [1.165, 1.54) is 11.1 Å². The fourth-order valence-corrected chi connectivity index (χ4v) is 2.88. The van der Waals surface area contributed by atoms with Gasteiger partial charge in [0.1, 0.15) is 5.82 Å². The Bertz CT molecular complexity index is 972. The number of aromatic nitrogens is 4. The zero-order valence-electron chi connectivity index (χ0n) is 14.0. The summed E-state index contributed by atoms with van der Waals surface area (Å²) in [5, 5.41) is 8.42. The first-order valence-corrected chi connectivity index (χ1v) is 8.25. The lowest BCUT2D eigenvalue weighted by atomic mass is 10.0. The monoisotopic (exact) mass is 326 g/mol. The van der Waals surface area contributed by atoms with Gasteiger partial charge in [0.2, 0.25) is 0 Å². The van der Waals surface area contributed by atoms with Crippen molar-refractivity contribution in [2.45, 2.75) is 13.5 Å². The lowest BCUT2D eigenvalue weighted by Gasteiger charge is -2.07. The number of benzene rings is 2. The van der Waals surface area contributed by atoms with Crippen LogP contribution in [0.2, 0.25) is 0 Å². The minimum absolute atomic E-state index is 0.675. The molecule has 0 aliphatic heterocycles. The highest BCUT2D eigenvalue weighted by molar-refractivity contribution is 5.70. The first-order chi connectivity index (χ1) is 12.3. The third-order valence-corrected chi connectivity index (χ3v) is 4.29. The Morgan fingerprint density at radius 1 is 0.840 bits per heavy atom. The maximum absolute atomic E-state index is 4.25. The van der Waals surface area contributed by atoms with Gasteiger partial charge in [-0.15, -0.1) is 0 Å². The second kappa shape index (κ2) is 6.69. The van der Waals surface area contributed by atoms with Gasteiger partial charge in [-0.3, -0.25) is 0 Å². The van der Waals surface area contributed by atoms with Crippen LogP contribution in [0.4, 0.5) is 0 Å². The van der Waals surface area contributed by atoms with Gasteiger partial charge < -0.3 is 4.57 Å². The van der Waals surface area contributed by atoms with E-state index in [9.17, 15) is 0 Å². The molecule has 4 rings (SSSR count). The van der Waals surface area contributed by atoms with E-state index in [0.29, 0.717) is 6.54 Å². The molecule has 2 heterocycles. The van der Waals surface area contributed by atoms with Gasteiger partial charge in [0.05, 0.1) is 18.4 Å². The Balaban J connectivity index is 1.60. The summed E-state index contributed by atoms with van der Waals surface area (Å²) in [6.07, 6.45) is 5.56. The van der Waals surface area contributed by atoms with Gasteiger partial charge in [-0.25, -0.2) is 4.98 Å². The van der Waals surface area contributed by atoms with Gasteiger partial charge in [0.25, 0.3) is 0 Å². The molecule has 0 amide bonds. The summed E-state index contributed by atoms with van der Waals surface area (Å²) >= 11 is 0. The summed E-state index contributed by atoms with van der Waals surface area (Å²) < 4.78 is 2.06. The Hall–Kier alpha value is -3.27. The van der Waals surface area contributed by atoms with E-state index in [2.05, 4.69) is 74.3 Å². The quantitative estimate of drug-likeness (QED) is 0.559. The van der Waals surface area contributed by atoms with Crippen LogP contribution in [-0.4, -0.2) is 19.7 Å². The predicted octanol–water partition coefficient (Wildman–Crippen LogP) is 4.36. The van der Waals surface area contributed by atoms with Crippen molar-refractivity contribution >= 4 is 0 Å². The summed E-state index contributed by atoms with van der Waals surface area (Å²) in [5.74, 6) is 0.972. The number of rotatable bonds is 4. The van der Waals surface area contributed by atoms with Crippen molar-refractivity contribution < 1.29 is 0 Å².